The van der Waals surface area contributed by atoms with Crippen molar-refractivity contribution in [1.82, 2.24) is 24.7 Å². The number of aromatic nitrogens is 5. The second kappa shape index (κ2) is 9.36. The van der Waals surface area contributed by atoms with Crippen molar-refractivity contribution in [1.29, 1.82) is 0 Å². The van der Waals surface area contributed by atoms with Crippen LogP contribution >= 0.6 is 11.8 Å². The van der Waals surface area contributed by atoms with Gasteiger partial charge in [-0.25, -0.2) is 4.98 Å². The molecule has 194 valence electrons. The first-order chi connectivity index (χ1) is 17.6. The number of amides is 1. The molecule has 13 heteroatoms. The van der Waals surface area contributed by atoms with Crippen LogP contribution in [0.4, 0.5) is 30.6 Å². The van der Waals surface area contributed by atoms with Crippen LogP contribution in [0.3, 0.4) is 0 Å². The average molecular weight is 531 g/mol. The quantitative estimate of drug-likeness (QED) is 0.443. The number of carbonyl (C=O) groups is 1. The van der Waals surface area contributed by atoms with E-state index in [0.717, 1.165) is 22.1 Å². The summed E-state index contributed by atoms with van der Waals surface area (Å²) in [6.07, 6.45) is 1.80. The second-order valence-corrected chi connectivity index (χ2v) is 10.0. The summed E-state index contributed by atoms with van der Waals surface area (Å²) in [6, 6.07) is 2.46. The maximum absolute atomic E-state index is 12.8. The molecule has 5 rings (SSSR count). The van der Waals surface area contributed by atoms with Gasteiger partial charge >= 0.3 is 6.18 Å². The minimum absolute atomic E-state index is 0.104. The Morgan fingerprint density at radius 2 is 1.97 bits per heavy atom. The van der Waals surface area contributed by atoms with Crippen LogP contribution < -0.4 is 15.5 Å². The number of anilines is 3. The van der Waals surface area contributed by atoms with Crippen molar-refractivity contribution in [3.05, 3.63) is 63.6 Å². The summed E-state index contributed by atoms with van der Waals surface area (Å²) in [6.45, 7) is 4.78. The molecule has 9 nitrogen and oxygen atoms in total. The molecule has 0 saturated heterocycles. The molecule has 1 amide bonds. The number of carbonyl (C=O) groups excluding carboxylic acids is 1. The normalized spacial score (nSPS) is 18.8. The van der Waals surface area contributed by atoms with Crippen molar-refractivity contribution in [2.45, 2.75) is 51.5 Å². The van der Waals surface area contributed by atoms with Crippen molar-refractivity contribution >= 4 is 35.1 Å². The third-order valence-electron chi connectivity index (χ3n) is 6.56. The van der Waals surface area contributed by atoms with E-state index in [0.29, 0.717) is 49.1 Å². The molecule has 5 heterocycles. The van der Waals surface area contributed by atoms with E-state index in [1.807, 2.05) is 37.4 Å². The van der Waals surface area contributed by atoms with Crippen LogP contribution in [0.15, 0.2) is 41.0 Å². The number of hydrogen-bond acceptors (Lipinski definition) is 8. The first-order valence-electron chi connectivity index (χ1n) is 11.6. The lowest BCUT2D eigenvalue weighted by atomic mass is 9.96. The van der Waals surface area contributed by atoms with E-state index in [1.165, 1.54) is 12.3 Å². The highest BCUT2D eigenvalue weighted by Gasteiger charge is 2.49. The third-order valence-corrected chi connectivity index (χ3v) is 7.43. The van der Waals surface area contributed by atoms with Crippen LogP contribution in [0, 0.1) is 6.92 Å². The summed E-state index contributed by atoms with van der Waals surface area (Å²) in [7, 11) is 1.86. The van der Waals surface area contributed by atoms with Crippen LogP contribution in [-0.2, 0) is 30.5 Å². The van der Waals surface area contributed by atoms with E-state index in [9.17, 15) is 18.0 Å². The zero-order valence-electron chi connectivity index (χ0n) is 20.4. The van der Waals surface area contributed by atoms with Gasteiger partial charge in [-0.15, -0.1) is 0 Å². The monoisotopic (exact) mass is 530 g/mol. The van der Waals surface area contributed by atoms with Gasteiger partial charge in [-0.2, -0.15) is 23.3 Å². The highest BCUT2D eigenvalue weighted by Crippen LogP contribution is 2.50. The van der Waals surface area contributed by atoms with E-state index in [-0.39, 0.29) is 5.91 Å². The smallest absolute Gasteiger partial charge is 0.350 e. The summed E-state index contributed by atoms with van der Waals surface area (Å²) in [5.41, 5.74) is 1.27. The average Bonchev–Trinajstić information content (AvgIpc) is 3.62. The standard InChI is InChI=1S/C24H25F3N8OS/c1-14-19-20(34(3)23(2,18-13-37-18)21(36)32-19)33-22(31-14)29-10-16-11-30-35(12-16)8-4-5-15-6-7-17(28-9-15)24(25,26)27/h6-7,9,11-13H,4-5,8,10H2,1-3H3,(H,32,36)(H,29,31,33)/t23-/m0/s1. The van der Waals surface area contributed by atoms with Crippen LogP contribution in [0.2, 0.25) is 0 Å². The molecule has 0 unspecified atom stereocenters. The van der Waals surface area contributed by atoms with Gasteiger partial charge in [-0.05, 0) is 43.7 Å². The van der Waals surface area contributed by atoms with Crippen molar-refractivity contribution < 1.29 is 18.0 Å². The molecule has 0 fully saturated rings. The van der Waals surface area contributed by atoms with E-state index in [1.54, 1.807) is 22.6 Å². The molecule has 0 aromatic carbocycles. The minimum Gasteiger partial charge on any atom is -0.350 e. The lowest BCUT2D eigenvalue weighted by Gasteiger charge is -2.41. The minimum atomic E-state index is -4.43. The van der Waals surface area contributed by atoms with E-state index < -0.39 is 17.4 Å². The van der Waals surface area contributed by atoms with Gasteiger partial charge in [0.25, 0.3) is 5.91 Å². The van der Waals surface area contributed by atoms with Gasteiger partial charge in [0.05, 0.1) is 11.9 Å². The van der Waals surface area contributed by atoms with E-state index >= 15 is 0 Å². The van der Waals surface area contributed by atoms with E-state index in [2.05, 4.69) is 30.7 Å². The fourth-order valence-corrected chi connectivity index (χ4v) is 4.90. The van der Waals surface area contributed by atoms with Gasteiger partial charge in [0.2, 0.25) is 5.95 Å². The number of hydrogen-bond donors (Lipinski definition) is 2. The first kappa shape index (κ1) is 25.1. The highest BCUT2D eigenvalue weighted by molar-refractivity contribution is 8.12. The lowest BCUT2D eigenvalue weighted by molar-refractivity contribution is -0.141. The zero-order chi connectivity index (χ0) is 26.4. The van der Waals surface area contributed by atoms with Crippen LogP contribution in [0.25, 0.3) is 0 Å². The Balaban J connectivity index is 1.18. The third kappa shape index (κ3) is 4.99. The van der Waals surface area contributed by atoms with E-state index in [4.69, 9.17) is 0 Å². The number of aryl methyl sites for hydroxylation is 3. The SMILES string of the molecule is Cc1nc(NCc2cnn(CCCc3ccc(C(F)(F)F)nc3)c2)nc2c1NC(=O)[C@](C)(C1=CS1)N2C. The largest absolute Gasteiger partial charge is 0.433 e. The van der Waals surface area contributed by atoms with Crippen molar-refractivity contribution in [2.24, 2.45) is 0 Å². The Bertz CT molecular complexity index is 1370. The molecule has 0 spiro atoms. The van der Waals surface area contributed by atoms with Gasteiger partial charge in [0, 0.05) is 43.0 Å². The van der Waals surface area contributed by atoms with Crippen LogP contribution in [-0.4, -0.2) is 43.2 Å². The molecule has 0 saturated carbocycles. The van der Waals surface area contributed by atoms with Crippen molar-refractivity contribution in [2.75, 3.05) is 22.6 Å². The molecule has 37 heavy (non-hydrogen) atoms. The molecule has 2 aliphatic rings. The Morgan fingerprint density at radius 1 is 1.19 bits per heavy atom. The molecule has 2 aliphatic heterocycles. The number of fused-ring (bicyclic) bond motifs is 1. The molecular formula is C24H25F3N8OS. The molecular weight excluding hydrogens is 505 g/mol. The summed E-state index contributed by atoms with van der Waals surface area (Å²) >= 11 is 1.56. The number of halogens is 3. The number of pyridine rings is 1. The number of nitrogens with zero attached hydrogens (tertiary/aromatic N) is 6. The predicted molar refractivity (Wildman–Crippen MR) is 135 cm³/mol. The predicted octanol–water partition coefficient (Wildman–Crippen LogP) is 4.38. The first-order valence-corrected chi connectivity index (χ1v) is 12.5. The zero-order valence-corrected chi connectivity index (χ0v) is 21.2. The number of rotatable bonds is 8. The van der Waals surface area contributed by atoms with Crippen LogP contribution in [0.1, 0.15) is 35.9 Å². The number of alkyl halides is 3. The summed E-state index contributed by atoms with van der Waals surface area (Å²) in [4.78, 5) is 28.3. The molecule has 0 aliphatic carbocycles. The molecule has 1 atom stereocenters. The number of thioether (sulfide) groups is 1. The van der Waals surface area contributed by atoms with Crippen LogP contribution in [0.5, 0.6) is 0 Å². The number of likely N-dealkylation sites (N-methyl/N-ethyl adjacent to an activating group) is 1. The Hall–Kier alpha value is -3.61. The summed E-state index contributed by atoms with van der Waals surface area (Å²) in [5.74, 6) is 0.994. The Kier molecular flexibility index (Phi) is 6.34. The molecule has 0 bridgehead atoms. The van der Waals surface area contributed by atoms with Gasteiger partial charge < -0.3 is 15.5 Å². The Labute approximate surface area is 215 Å². The van der Waals surface area contributed by atoms with Crippen molar-refractivity contribution in [3.63, 3.8) is 0 Å². The topological polar surface area (TPSA) is 101 Å². The fraction of sp³-hybridized carbons (Fsp3) is 0.375. The lowest BCUT2D eigenvalue weighted by Crippen LogP contribution is -2.56. The maximum Gasteiger partial charge on any atom is 0.433 e. The van der Waals surface area contributed by atoms with Gasteiger partial charge in [-0.3, -0.25) is 14.5 Å². The molecule has 3 aromatic heterocycles. The molecule has 0 radical (unpaired) electrons. The summed E-state index contributed by atoms with van der Waals surface area (Å²) in [5, 5.41) is 12.5. The molecule has 3 aromatic rings. The molecule has 2 N–H and O–H groups in total. The number of nitrogens with one attached hydrogen (secondary N) is 2. The maximum atomic E-state index is 12.8. The highest BCUT2D eigenvalue weighted by atomic mass is 32.2. The van der Waals surface area contributed by atoms with Gasteiger partial charge in [-0.1, -0.05) is 17.8 Å². The van der Waals surface area contributed by atoms with Crippen molar-refractivity contribution in [3.8, 4) is 0 Å². The van der Waals surface area contributed by atoms with Gasteiger partial charge in [0.15, 0.2) is 5.82 Å². The van der Waals surface area contributed by atoms with Gasteiger partial charge in [0.1, 0.15) is 16.9 Å². The Morgan fingerprint density at radius 3 is 2.65 bits per heavy atom. The fourth-order valence-electron chi connectivity index (χ4n) is 4.15. The second-order valence-electron chi connectivity index (χ2n) is 9.13. The summed E-state index contributed by atoms with van der Waals surface area (Å²) < 4.78 is 39.7.